The molecule has 2 aromatic carbocycles. The Labute approximate surface area is 172 Å². The summed E-state index contributed by atoms with van der Waals surface area (Å²) in [7, 11) is 0. The Hall–Kier alpha value is -2.86. The molecule has 6 nitrogen and oxygen atoms in total. The summed E-state index contributed by atoms with van der Waals surface area (Å²) in [6.07, 6.45) is 2.85. The van der Waals surface area contributed by atoms with Crippen molar-refractivity contribution in [2.45, 2.75) is 26.2 Å². The van der Waals surface area contributed by atoms with Gasteiger partial charge in [-0.1, -0.05) is 31.2 Å². The number of para-hydroxylation sites is 1. The number of ether oxygens (including phenoxy) is 1. The first-order chi connectivity index (χ1) is 14.1. The van der Waals surface area contributed by atoms with E-state index in [1.54, 1.807) is 18.2 Å². The topological polar surface area (TPSA) is 79.5 Å². The highest BCUT2D eigenvalue weighted by atomic mass is 16.5. The van der Waals surface area contributed by atoms with Crippen LogP contribution in [-0.4, -0.2) is 31.5 Å². The lowest BCUT2D eigenvalue weighted by molar-refractivity contribution is -0.118. The fourth-order valence-corrected chi connectivity index (χ4v) is 3.57. The normalized spacial score (nSPS) is 17.2. The zero-order valence-electron chi connectivity index (χ0n) is 16.8. The van der Waals surface area contributed by atoms with Gasteiger partial charge in [0.2, 0.25) is 5.91 Å². The Morgan fingerprint density at radius 1 is 1.07 bits per heavy atom. The van der Waals surface area contributed by atoms with Crippen LogP contribution in [0.15, 0.2) is 54.6 Å². The highest BCUT2D eigenvalue weighted by molar-refractivity contribution is 5.92. The second-order valence-electron chi connectivity index (χ2n) is 7.57. The Balaban J connectivity index is 1.46. The van der Waals surface area contributed by atoms with Crippen LogP contribution in [0.2, 0.25) is 0 Å². The van der Waals surface area contributed by atoms with E-state index in [0.29, 0.717) is 29.7 Å². The van der Waals surface area contributed by atoms with E-state index >= 15 is 0 Å². The van der Waals surface area contributed by atoms with Crippen molar-refractivity contribution in [1.29, 1.82) is 0 Å². The van der Waals surface area contributed by atoms with Crippen LogP contribution in [-0.2, 0) is 9.59 Å². The minimum Gasteiger partial charge on any atom is -0.484 e. The number of nitrogens with one attached hydrogen (secondary N) is 3. The lowest BCUT2D eigenvalue weighted by atomic mass is 9.85. The van der Waals surface area contributed by atoms with Crippen LogP contribution in [0.5, 0.6) is 5.75 Å². The molecule has 0 radical (unpaired) electrons. The molecule has 154 valence electrons. The maximum absolute atomic E-state index is 12.4. The van der Waals surface area contributed by atoms with E-state index in [9.17, 15) is 9.59 Å². The van der Waals surface area contributed by atoms with E-state index in [-0.39, 0.29) is 18.4 Å². The Morgan fingerprint density at radius 3 is 2.59 bits per heavy atom. The predicted octanol–water partition coefficient (Wildman–Crippen LogP) is 3.67. The molecule has 1 aliphatic rings. The van der Waals surface area contributed by atoms with Crippen molar-refractivity contribution in [3.05, 3.63) is 54.6 Å². The van der Waals surface area contributed by atoms with E-state index in [2.05, 4.69) is 22.9 Å². The fourth-order valence-electron chi connectivity index (χ4n) is 3.57. The van der Waals surface area contributed by atoms with Gasteiger partial charge in [0.1, 0.15) is 5.75 Å². The van der Waals surface area contributed by atoms with Gasteiger partial charge in [-0.3, -0.25) is 9.59 Å². The average Bonchev–Trinajstić information content (AvgIpc) is 2.74. The van der Waals surface area contributed by atoms with E-state index in [4.69, 9.17) is 4.74 Å². The minimum atomic E-state index is -0.236. The van der Waals surface area contributed by atoms with Gasteiger partial charge in [0, 0.05) is 23.9 Å². The monoisotopic (exact) mass is 395 g/mol. The maximum atomic E-state index is 12.4. The molecule has 2 amide bonds. The molecule has 0 spiro atoms. The summed E-state index contributed by atoms with van der Waals surface area (Å²) < 4.78 is 5.57. The summed E-state index contributed by atoms with van der Waals surface area (Å²) >= 11 is 0. The first kappa shape index (κ1) is 20.9. The molecule has 2 atom stereocenters. The number of hydrogen-bond donors (Lipinski definition) is 3. The van der Waals surface area contributed by atoms with Crippen LogP contribution >= 0.6 is 0 Å². The summed E-state index contributed by atoms with van der Waals surface area (Å²) in [6, 6.07) is 16.4. The molecule has 3 rings (SSSR count). The average molecular weight is 396 g/mol. The number of benzene rings is 2. The summed E-state index contributed by atoms with van der Waals surface area (Å²) in [5, 5.41) is 9.12. The molecule has 6 heteroatoms. The van der Waals surface area contributed by atoms with Crippen LogP contribution in [0, 0.1) is 11.8 Å². The van der Waals surface area contributed by atoms with Gasteiger partial charge in [-0.25, -0.2) is 0 Å². The highest BCUT2D eigenvalue weighted by Crippen LogP contribution is 2.24. The van der Waals surface area contributed by atoms with E-state index in [1.807, 2.05) is 36.4 Å². The molecule has 3 N–H and O–H groups in total. The molecule has 1 saturated heterocycles. The molecule has 0 saturated carbocycles. The number of hydrogen-bond acceptors (Lipinski definition) is 4. The first-order valence-electron chi connectivity index (χ1n) is 10.2. The molecular formula is C23H29N3O3. The quantitative estimate of drug-likeness (QED) is 0.637. The van der Waals surface area contributed by atoms with Gasteiger partial charge in [0.05, 0.1) is 0 Å². The SMILES string of the molecule is CC(CC(=O)Nc1cccc(OCC(=O)Nc2ccccc2)c1)C1CCCNC1. The summed E-state index contributed by atoms with van der Waals surface area (Å²) in [4.78, 5) is 24.4. The zero-order valence-corrected chi connectivity index (χ0v) is 16.8. The zero-order chi connectivity index (χ0) is 20.5. The van der Waals surface area contributed by atoms with Crippen molar-refractivity contribution in [3.63, 3.8) is 0 Å². The summed E-state index contributed by atoms with van der Waals surface area (Å²) in [5.74, 6) is 1.19. The third-order valence-electron chi connectivity index (χ3n) is 5.19. The minimum absolute atomic E-state index is 0.00189. The Morgan fingerprint density at radius 2 is 1.83 bits per heavy atom. The second kappa shape index (κ2) is 10.6. The van der Waals surface area contributed by atoms with Gasteiger partial charge in [-0.15, -0.1) is 0 Å². The van der Waals surface area contributed by atoms with E-state index in [0.717, 1.165) is 18.8 Å². The number of anilines is 2. The van der Waals surface area contributed by atoms with Crippen molar-refractivity contribution in [3.8, 4) is 5.75 Å². The molecule has 1 heterocycles. The first-order valence-corrected chi connectivity index (χ1v) is 10.2. The number of rotatable bonds is 8. The lowest BCUT2D eigenvalue weighted by Gasteiger charge is -2.28. The third kappa shape index (κ3) is 6.91. The van der Waals surface area contributed by atoms with Gasteiger partial charge in [0.15, 0.2) is 6.61 Å². The van der Waals surface area contributed by atoms with Crippen molar-refractivity contribution in [2.75, 3.05) is 30.3 Å². The second-order valence-corrected chi connectivity index (χ2v) is 7.57. The van der Waals surface area contributed by atoms with Gasteiger partial charge >= 0.3 is 0 Å². The van der Waals surface area contributed by atoms with Crippen LogP contribution < -0.4 is 20.7 Å². The van der Waals surface area contributed by atoms with E-state index in [1.165, 1.54) is 12.8 Å². The predicted molar refractivity (Wildman–Crippen MR) is 115 cm³/mol. The van der Waals surface area contributed by atoms with Crippen molar-refractivity contribution in [2.24, 2.45) is 11.8 Å². The number of carbonyl (C=O) groups is 2. The fraction of sp³-hybridized carbons (Fsp3) is 0.391. The van der Waals surface area contributed by atoms with Crippen LogP contribution in [0.1, 0.15) is 26.2 Å². The smallest absolute Gasteiger partial charge is 0.262 e. The Bertz CT molecular complexity index is 804. The maximum Gasteiger partial charge on any atom is 0.262 e. The molecule has 29 heavy (non-hydrogen) atoms. The molecular weight excluding hydrogens is 366 g/mol. The Kier molecular flexibility index (Phi) is 7.64. The third-order valence-corrected chi connectivity index (χ3v) is 5.19. The number of carbonyl (C=O) groups excluding carboxylic acids is 2. The molecule has 2 aromatic rings. The summed E-state index contributed by atoms with van der Waals surface area (Å²) in [6.45, 7) is 4.11. The standard InChI is InChI=1S/C23H29N3O3/c1-17(18-7-6-12-24-15-18)13-22(27)26-20-10-5-11-21(14-20)29-16-23(28)25-19-8-3-2-4-9-19/h2-5,8-11,14,17-18,24H,6-7,12-13,15-16H2,1H3,(H,25,28)(H,26,27). The van der Waals surface area contributed by atoms with Crippen molar-refractivity contribution in [1.82, 2.24) is 5.32 Å². The highest BCUT2D eigenvalue weighted by Gasteiger charge is 2.22. The molecule has 0 bridgehead atoms. The van der Waals surface area contributed by atoms with Gasteiger partial charge < -0.3 is 20.7 Å². The van der Waals surface area contributed by atoms with Gasteiger partial charge in [-0.2, -0.15) is 0 Å². The molecule has 0 aromatic heterocycles. The molecule has 1 aliphatic heterocycles. The number of amides is 2. The molecule has 2 unspecified atom stereocenters. The van der Waals surface area contributed by atoms with Crippen LogP contribution in [0.25, 0.3) is 0 Å². The van der Waals surface area contributed by atoms with Crippen molar-refractivity contribution < 1.29 is 14.3 Å². The van der Waals surface area contributed by atoms with Crippen molar-refractivity contribution >= 4 is 23.2 Å². The van der Waals surface area contributed by atoms with Crippen LogP contribution in [0.3, 0.4) is 0 Å². The van der Waals surface area contributed by atoms with Gasteiger partial charge in [-0.05, 0) is 62.0 Å². The van der Waals surface area contributed by atoms with Crippen LogP contribution in [0.4, 0.5) is 11.4 Å². The summed E-state index contributed by atoms with van der Waals surface area (Å²) in [5.41, 5.74) is 1.40. The van der Waals surface area contributed by atoms with E-state index < -0.39 is 0 Å². The van der Waals surface area contributed by atoms with Gasteiger partial charge in [0.25, 0.3) is 5.91 Å². The largest absolute Gasteiger partial charge is 0.484 e. The lowest BCUT2D eigenvalue weighted by Crippen LogP contribution is -2.34. The molecule has 1 fully saturated rings. The number of piperidine rings is 1. The molecule has 0 aliphatic carbocycles.